The molecule has 0 fully saturated rings. The first-order valence-electron chi connectivity index (χ1n) is 4.44. The summed E-state index contributed by atoms with van der Waals surface area (Å²) in [5.74, 6) is 0.497. The molecule has 1 heterocycles. The number of methoxy groups -OCH3 is 1. The van der Waals surface area contributed by atoms with Crippen LogP contribution in [0.3, 0.4) is 0 Å². The lowest BCUT2D eigenvalue weighted by atomic mass is 10.1. The minimum atomic E-state index is -0.442. The van der Waals surface area contributed by atoms with Crippen LogP contribution in [0.4, 0.5) is 0 Å². The molecule has 5 heteroatoms. The maximum absolute atomic E-state index is 11.0. The van der Waals surface area contributed by atoms with E-state index in [1.807, 2.05) is 13.0 Å². The van der Waals surface area contributed by atoms with E-state index in [2.05, 4.69) is 32.9 Å². The Hall–Kier alpha value is -0.850. The number of nitrogens with zero attached hydrogens (tertiary/aromatic N) is 1. The lowest BCUT2D eigenvalue weighted by molar-refractivity contribution is -0.119. The van der Waals surface area contributed by atoms with E-state index in [9.17, 15) is 4.79 Å². The summed E-state index contributed by atoms with van der Waals surface area (Å²) in [4.78, 5) is 15.1. The molecule has 0 aliphatic carbocycles. The summed E-state index contributed by atoms with van der Waals surface area (Å²) in [6, 6.07) is 3.66. The predicted molar refractivity (Wildman–Crippen MR) is 66.0 cm³/mol. The highest BCUT2D eigenvalue weighted by atomic mass is 127. The Bertz CT molecular complexity index is 349. The summed E-state index contributed by atoms with van der Waals surface area (Å²) in [6.45, 7) is 3.41. The molecule has 0 bridgehead atoms. The van der Waals surface area contributed by atoms with E-state index in [0.717, 1.165) is 5.56 Å². The number of pyridine rings is 1. The number of amides is 1. The summed E-state index contributed by atoms with van der Waals surface area (Å²) in [5.41, 5.74) is 0.930. The molecule has 82 valence electrons. The first kappa shape index (κ1) is 12.2. The molecular weight excluding hydrogens is 307 g/mol. The van der Waals surface area contributed by atoms with Crippen LogP contribution in [0.25, 0.3) is 0 Å². The molecule has 0 aliphatic rings. The Balaban J connectivity index is 2.89. The van der Waals surface area contributed by atoms with Crippen molar-refractivity contribution in [2.24, 2.45) is 0 Å². The largest absolute Gasteiger partial charge is 0.481 e. The van der Waals surface area contributed by atoms with E-state index < -0.39 is 3.55 Å². The number of halogens is 1. The molecule has 1 N–H and O–H groups in total. The molecule has 0 spiro atoms. The smallest absolute Gasteiger partial charge is 0.218 e. The summed E-state index contributed by atoms with van der Waals surface area (Å²) < 4.78 is 4.52. The third kappa shape index (κ3) is 3.33. The van der Waals surface area contributed by atoms with Crippen LogP contribution >= 0.6 is 22.6 Å². The van der Waals surface area contributed by atoms with E-state index in [0.29, 0.717) is 5.88 Å². The standard InChI is InChI=1S/C10H13IN2O2/c1-7(14)13-10(2,11)8-4-5-9(15-3)12-6-8/h4-6H,1-3H3,(H,13,14). The van der Waals surface area contributed by atoms with Crippen molar-refractivity contribution in [3.05, 3.63) is 23.9 Å². The molecule has 1 atom stereocenters. The van der Waals surface area contributed by atoms with Crippen LogP contribution in [-0.4, -0.2) is 18.0 Å². The number of aromatic nitrogens is 1. The second-order valence-corrected chi connectivity index (χ2v) is 5.43. The van der Waals surface area contributed by atoms with Crippen LogP contribution in [-0.2, 0) is 8.34 Å². The predicted octanol–water partition coefficient (Wildman–Crippen LogP) is 1.83. The van der Waals surface area contributed by atoms with Crippen molar-refractivity contribution in [3.8, 4) is 5.88 Å². The topological polar surface area (TPSA) is 51.2 Å². The molecule has 0 aliphatic heterocycles. The SMILES string of the molecule is COc1ccc(C(C)(I)NC(C)=O)cn1. The number of ether oxygens (including phenoxy) is 1. The van der Waals surface area contributed by atoms with Gasteiger partial charge >= 0.3 is 0 Å². The minimum absolute atomic E-state index is 0.0669. The van der Waals surface area contributed by atoms with Gasteiger partial charge < -0.3 is 10.1 Å². The highest BCUT2D eigenvalue weighted by Crippen LogP contribution is 2.28. The molecule has 1 aromatic rings. The maximum Gasteiger partial charge on any atom is 0.218 e. The molecule has 0 saturated heterocycles. The van der Waals surface area contributed by atoms with Crippen molar-refractivity contribution < 1.29 is 9.53 Å². The molecular formula is C10H13IN2O2. The van der Waals surface area contributed by atoms with E-state index in [1.54, 1.807) is 19.4 Å². The van der Waals surface area contributed by atoms with Gasteiger partial charge in [-0.05, 0) is 35.6 Å². The van der Waals surface area contributed by atoms with Crippen molar-refractivity contribution in [2.45, 2.75) is 17.4 Å². The molecule has 0 aromatic carbocycles. The van der Waals surface area contributed by atoms with Crippen LogP contribution in [0.1, 0.15) is 19.4 Å². The maximum atomic E-state index is 11.0. The zero-order chi connectivity index (χ0) is 11.5. The Morgan fingerprint density at radius 3 is 2.67 bits per heavy atom. The quantitative estimate of drug-likeness (QED) is 0.525. The Labute approximate surface area is 103 Å². The van der Waals surface area contributed by atoms with Gasteiger partial charge in [0, 0.05) is 24.8 Å². The number of hydrogen-bond acceptors (Lipinski definition) is 3. The Morgan fingerprint density at radius 1 is 1.60 bits per heavy atom. The van der Waals surface area contributed by atoms with Crippen LogP contribution < -0.4 is 10.1 Å². The monoisotopic (exact) mass is 320 g/mol. The fraction of sp³-hybridized carbons (Fsp3) is 0.400. The van der Waals surface area contributed by atoms with Gasteiger partial charge in [0.05, 0.1) is 7.11 Å². The molecule has 0 saturated carbocycles. The average Bonchev–Trinajstić information content (AvgIpc) is 2.16. The van der Waals surface area contributed by atoms with Crippen molar-refractivity contribution in [1.82, 2.24) is 10.3 Å². The number of rotatable bonds is 3. The fourth-order valence-electron chi connectivity index (χ4n) is 1.18. The summed E-state index contributed by atoms with van der Waals surface area (Å²) in [6.07, 6.45) is 1.70. The Morgan fingerprint density at radius 2 is 2.27 bits per heavy atom. The van der Waals surface area contributed by atoms with Gasteiger partial charge in [0.2, 0.25) is 11.8 Å². The number of carbonyl (C=O) groups excluding carboxylic acids is 1. The molecule has 1 amide bonds. The van der Waals surface area contributed by atoms with Crippen molar-refractivity contribution in [2.75, 3.05) is 7.11 Å². The van der Waals surface area contributed by atoms with Crippen molar-refractivity contribution >= 4 is 28.5 Å². The normalized spacial score (nSPS) is 14.1. The van der Waals surface area contributed by atoms with Crippen LogP contribution in [0.5, 0.6) is 5.88 Å². The Kier molecular flexibility index (Phi) is 3.90. The van der Waals surface area contributed by atoms with E-state index in [-0.39, 0.29) is 5.91 Å². The lowest BCUT2D eigenvalue weighted by Gasteiger charge is -2.23. The third-order valence-electron chi connectivity index (χ3n) is 1.90. The van der Waals surface area contributed by atoms with E-state index in [1.165, 1.54) is 6.92 Å². The molecule has 1 aromatic heterocycles. The average molecular weight is 320 g/mol. The van der Waals surface area contributed by atoms with Gasteiger partial charge in [0.25, 0.3) is 0 Å². The zero-order valence-corrected chi connectivity index (χ0v) is 11.0. The number of carbonyl (C=O) groups is 1. The number of nitrogens with one attached hydrogen (secondary N) is 1. The van der Waals surface area contributed by atoms with Crippen molar-refractivity contribution in [1.29, 1.82) is 0 Å². The molecule has 0 radical (unpaired) electrons. The fourth-order valence-corrected chi connectivity index (χ4v) is 1.88. The highest BCUT2D eigenvalue weighted by molar-refractivity contribution is 14.1. The number of hydrogen-bond donors (Lipinski definition) is 1. The third-order valence-corrected chi connectivity index (χ3v) is 2.79. The van der Waals surface area contributed by atoms with E-state index >= 15 is 0 Å². The van der Waals surface area contributed by atoms with Crippen LogP contribution in [0.15, 0.2) is 18.3 Å². The van der Waals surface area contributed by atoms with Gasteiger partial charge in [-0.2, -0.15) is 0 Å². The summed E-state index contributed by atoms with van der Waals surface area (Å²) in [7, 11) is 1.57. The van der Waals surface area contributed by atoms with Gasteiger partial charge in [-0.15, -0.1) is 0 Å². The zero-order valence-electron chi connectivity index (χ0n) is 8.87. The van der Waals surface area contributed by atoms with E-state index in [4.69, 9.17) is 4.74 Å². The van der Waals surface area contributed by atoms with Gasteiger partial charge in [-0.1, -0.05) is 0 Å². The second-order valence-electron chi connectivity index (χ2n) is 3.27. The molecule has 1 unspecified atom stereocenters. The van der Waals surface area contributed by atoms with Gasteiger partial charge in [-0.25, -0.2) is 4.98 Å². The first-order chi connectivity index (χ1) is 6.95. The minimum Gasteiger partial charge on any atom is -0.481 e. The molecule has 1 rings (SSSR count). The molecule has 15 heavy (non-hydrogen) atoms. The van der Waals surface area contributed by atoms with Crippen LogP contribution in [0, 0.1) is 0 Å². The van der Waals surface area contributed by atoms with Crippen molar-refractivity contribution in [3.63, 3.8) is 0 Å². The van der Waals surface area contributed by atoms with Gasteiger partial charge in [-0.3, -0.25) is 4.79 Å². The second kappa shape index (κ2) is 4.78. The van der Waals surface area contributed by atoms with Gasteiger partial charge in [0.15, 0.2) is 0 Å². The summed E-state index contributed by atoms with van der Waals surface area (Å²) in [5, 5.41) is 2.84. The van der Waals surface area contributed by atoms with Crippen LogP contribution in [0.2, 0.25) is 0 Å². The lowest BCUT2D eigenvalue weighted by Crippen LogP contribution is -2.36. The van der Waals surface area contributed by atoms with Gasteiger partial charge in [0.1, 0.15) is 3.55 Å². The number of alkyl halides is 1. The highest BCUT2D eigenvalue weighted by Gasteiger charge is 2.23. The molecule has 4 nitrogen and oxygen atoms in total. The first-order valence-corrected chi connectivity index (χ1v) is 5.52. The summed E-state index contributed by atoms with van der Waals surface area (Å²) >= 11 is 2.17.